The fourth-order valence-electron chi connectivity index (χ4n) is 6.31. The minimum Gasteiger partial charge on any atom is -0.394 e. The molecular formula is C20H32O5. The summed E-state index contributed by atoms with van der Waals surface area (Å²) < 4.78 is 0. The van der Waals surface area contributed by atoms with E-state index in [1.807, 2.05) is 26.8 Å². The van der Waals surface area contributed by atoms with E-state index in [0.717, 1.165) is 18.4 Å². The third kappa shape index (κ3) is 2.62. The van der Waals surface area contributed by atoms with E-state index >= 15 is 0 Å². The van der Waals surface area contributed by atoms with Crippen LogP contribution in [0.1, 0.15) is 53.4 Å². The molecule has 0 spiro atoms. The van der Waals surface area contributed by atoms with Gasteiger partial charge < -0.3 is 20.4 Å². The zero-order chi connectivity index (χ0) is 18.8. The summed E-state index contributed by atoms with van der Waals surface area (Å²) in [7, 11) is 0. The van der Waals surface area contributed by atoms with Gasteiger partial charge >= 0.3 is 0 Å². The molecule has 0 aromatic heterocycles. The van der Waals surface area contributed by atoms with E-state index in [9.17, 15) is 25.2 Å². The van der Waals surface area contributed by atoms with Crippen LogP contribution in [-0.2, 0) is 4.79 Å². The predicted molar refractivity (Wildman–Crippen MR) is 93.6 cm³/mol. The molecule has 7 atom stereocenters. The average Bonchev–Trinajstić information content (AvgIpc) is 2.50. The van der Waals surface area contributed by atoms with Crippen molar-refractivity contribution in [3.8, 4) is 0 Å². The number of Topliss-reactive ketones (excluding diaryl/α,β-unsaturated/α-hetero) is 1. The highest BCUT2D eigenvalue weighted by atomic mass is 16.3. The topological polar surface area (TPSA) is 98.0 Å². The summed E-state index contributed by atoms with van der Waals surface area (Å²) in [5.41, 5.74) is -0.473. The normalized spacial score (nSPS) is 47.5. The lowest BCUT2D eigenvalue weighted by Crippen LogP contribution is -2.61. The molecule has 0 aromatic carbocycles. The highest BCUT2D eigenvalue weighted by Crippen LogP contribution is 2.63. The highest BCUT2D eigenvalue weighted by Gasteiger charge is 2.61. The minimum atomic E-state index is -0.946. The van der Waals surface area contributed by atoms with Crippen LogP contribution in [0.5, 0.6) is 0 Å². The van der Waals surface area contributed by atoms with Crippen molar-refractivity contribution in [2.75, 3.05) is 6.61 Å². The van der Waals surface area contributed by atoms with E-state index in [2.05, 4.69) is 6.92 Å². The van der Waals surface area contributed by atoms with Crippen molar-refractivity contribution in [1.82, 2.24) is 0 Å². The van der Waals surface area contributed by atoms with Gasteiger partial charge in [0.15, 0.2) is 5.78 Å². The van der Waals surface area contributed by atoms with Gasteiger partial charge in [-0.2, -0.15) is 0 Å². The lowest BCUT2D eigenvalue weighted by molar-refractivity contribution is -0.170. The fourth-order valence-corrected chi connectivity index (χ4v) is 6.31. The van der Waals surface area contributed by atoms with Crippen molar-refractivity contribution < 1.29 is 25.2 Å². The molecule has 5 heteroatoms. The average molecular weight is 352 g/mol. The minimum absolute atomic E-state index is 0.138. The van der Waals surface area contributed by atoms with Gasteiger partial charge in [-0.1, -0.05) is 39.3 Å². The molecular weight excluding hydrogens is 320 g/mol. The zero-order valence-corrected chi connectivity index (χ0v) is 15.7. The first-order chi connectivity index (χ1) is 11.5. The SMILES string of the molecule is CC1(C(O)CO)C=C2CCC3C(C)(C)C(O)C(=O)CC3(C)C2C(O)C1. The second kappa shape index (κ2) is 5.88. The van der Waals surface area contributed by atoms with E-state index in [4.69, 9.17) is 0 Å². The molecule has 0 aliphatic heterocycles. The number of fused-ring (bicyclic) bond motifs is 3. The summed E-state index contributed by atoms with van der Waals surface area (Å²) in [6.45, 7) is 7.53. The molecule has 0 aromatic rings. The van der Waals surface area contributed by atoms with Gasteiger partial charge in [0, 0.05) is 23.2 Å². The number of aliphatic hydroxyl groups is 4. The Hall–Kier alpha value is -0.750. The Labute approximate surface area is 149 Å². The Bertz CT molecular complexity index is 597. The number of hydrogen-bond acceptors (Lipinski definition) is 5. The lowest BCUT2D eigenvalue weighted by Gasteiger charge is -2.61. The molecule has 5 nitrogen and oxygen atoms in total. The van der Waals surface area contributed by atoms with Crippen molar-refractivity contribution in [1.29, 1.82) is 0 Å². The van der Waals surface area contributed by atoms with Crippen LogP contribution in [-0.4, -0.2) is 51.1 Å². The quantitative estimate of drug-likeness (QED) is 0.564. The monoisotopic (exact) mass is 352 g/mol. The zero-order valence-electron chi connectivity index (χ0n) is 15.7. The number of aliphatic hydroxyl groups excluding tert-OH is 4. The summed E-state index contributed by atoms with van der Waals surface area (Å²) in [5, 5.41) is 41.0. The lowest BCUT2D eigenvalue weighted by atomic mass is 9.44. The van der Waals surface area contributed by atoms with Gasteiger partial charge in [0.1, 0.15) is 6.10 Å². The number of hydrogen-bond donors (Lipinski definition) is 4. The summed E-state index contributed by atoms with van der Waals surface area (Å²) in [6.07, 6.45) is 1.80. The Balaban J connectivity index is 2.04. The molecule has 0 amide bonds. The van der Waals surface area contributed by atoms with Gasteiger partial charge in [0.05, 0.1) is 18.8 Å². The summed E-state index contributed by atoms with van der Waals surface area (Å²) in [5.74, 6) is -0.126. The van der Waals surface area contributed by atoms with Gasteiger partial charge in [-0.15, -0.1) is 0 Å². The van der Waals surface area contributed by atoms with Crippen LogP contribution in [0.25, 0.3) is 0 Å². The summed E-state index contributed by atoms with van der Waals surface area (Å²) >= 11 is 0. The van der Waals surface area contributed by atoms with Crippen molar-refractivity contribution >= 4 is 5.78 Å². The van der Waals surface area contributed by atoms with Crippen LogP contribution in [0, 0.1) is 28.1 Å². The molecule has 0 bridgehead atoms. The Morgan fingerprint density at radius 2 is 1.88 bits per heavy atom. The van der Waals surface area contributed by atoms with Crippen LogP contribution in [0.2, 0.25) is 0 Å². The molecule has 4 N–H and O–H groups in total. The molecule has 25 heavy (non-hydrogen) atoms. The van der Waals surface area contributed by atoms with E-state index in [1.54, 1.807) is 0 Å². The second-order valence-electron chi connectivity index (χ2n) is 9.64. The third-order valence-electron chi connectivity index (χ3n) is 7.57. The van der Waals surface area contributed by atoms with Crippen molar-refractivity contribution in [2.24, 2.45) is 28.1 Å². The van der Waals surface area contributed by atoms with Gasteiger partial charge in [-0.3, -0.25) is 4.79 Å². The van der Waals surface area contributed by atoms with Crippen molar-refractivity contribution in [3.63, 3.8) is 0 Å². The Kier molecular flexibility index (Phi) is 4.47. The highest BCUT2D eigenvalue weighted by molar-refractivity contribution is 5.85. The van der Waals surface area contributed by atoms with E-state index in [1.165, 1.54) is 0 Å². The largest absolute Gasteiger partial charge is 0.394 e. The first-order valence-electron chi connectivity index (χ1n) is 9.37. The van der Waals surface area contributed by atoms with Gasteiger partial charge in [0.25, 0.3) is 0 Å². The smallest absolute Gasteiger partial charge is 0.162 e. The first-order valence-corrected chi connectivity index (χ1v) is 9.37. The molecule has 0 saturated heterocycles. The van der Waals surface area contributed by atoms with E-state index in [-0.39, 0.29) is 30.6 Å². The Morgan fingerprint density at radius 1 is 1.24 bits per heavy atom. The Morgan fingerprint density at radius 3 is 2.48 bits per heavy atom. The van der Waals surface area contributed by atoms with Gasteiger partial charge in [-0.25, -0.2) is 0 Å². The predicted octanol–water partition coefficient (Wildman–Crippen LogP) is 1.43. The number of rotatable bonds is 2. The number of carbonyl (C=O) groups excluding carboxylic acids is 1. The summed E-state index contributed by atoms with van der Waals surface area (Å²) in [4.78, 5) is 12.5. The van der Waals surface area contributed by atoms with Crippen molar-refractivity contribution in [3.05, 3.63) is 11.6 Å². The third-order valence-corrected chi connectivity index (χ3v) is 7.57. The van der Waals surface area contributed by atoms with Crippen LogP contribution < -0.4 is 0 Å². The van der Waals surface area contributed by atoms with Crippen LogP contribution in [0.15, 0.2) is 11.6 Å². The van der Waals surface area contributed by atoms with Crippen LogP contribution in [0.4, 0.5) is 0 Å². The van der Waals surface area contributed by atoms with E-state index < -0.39 is 34.6 Å². The standard InChI is InChI=1S/C20H32O5/c1-18(2)14-6-5-11-7-19(3,15(24)10-21)8-12(22)16(11)20(14,4)9-13(23)17(18)25/h7,12,14-17,21-22,24-25H,5-6,8-10H2,1-4H3. The molecule has 3 aliphatic carbocycles. The molecule has 0 radical (unpaired) electrons. The maximum absolute atomic E-state index is 12.5. The van der Waals surface area contributed by atoms with Gasteiger partial charge in [-0.05, 0) is 30.6 Å². The molecule has 2 saturated carbocycles. The number of ketones is 1. The van der Waals surface area contributed by atoms with E-state index in [0.29, 0.717) is 6.42 Å². The van der Waals surface area contributed by atoms with Crippen LogP contribution in [0.3, 0.4) is 0 Å². The maximum Gasteiger partial charge on any atom is 0.162 e. The number of carbonyl (C=O) groups is 1. The first kappa shape index (κ1) is 19.0. The molecule has 3 rings (SSSR count). The molecule has 3 aliphatic rings. The second-order valence-corrected chi connectivity index (χ2v) is 9.64. The molecule has 2 fully saturated rings. The van der Waals surface area contributed by atoms with Crippen LogP contribution >= 0.6 is 0 Å². The molecule has 7 unspecified atom stereocenters. The molecule has 0 heterocycles. The van der Waals surface area contributed by atoms with Gasteiger partial charge in [0.2, 0.25) is 0 Å². The van der Waals surface area contributed by atoms with Crippen molar-refractivity contribution in [2.45, 2.75) is 71.7 Å². The summed E-state index contributed by atoms with van der Waals surface area (Å²) in [6, 6.07) is 0. The molecule has 142 valence electrons. The maximum atomic E-state index is 12.5. The fraction of sp³-hybridized carbons (Fsp3) is 0.850.